The van der Waals surface area contributed by atoms with E-state index in [0.717, 1.165) is 12.1 Å². The zero-order valence-corrected chi connectivity index (χ0v) is 13.1. The average molecular weight is 299 g/mol. The minimum absolute atomic E-state index is 0.0415. The smallest absolute Gasteiger partial charge is 0.287 e. The van der Waals surface area contributed by atoms with E-state index < -0.39 is 0 Å². The molecule has 0 heterocycles. The van der Waals surface area contributed by atoms with Crippen LogP contribution in [0.2, 0.25) is 0 Å². The van der Waals surface area contributed by atoms with Gasteiger partial charge in [0.1, 0.15) is 5.75 Å². The maximum Gasteiger partial charge on any atom is 0.287 e. The summed E-state index contributed by atoms with van der Waals surface area (Å²) in [6.07, 6.45) is 0. The molecular weight excluding hydrogens is 276 g/mol. The van der Waals surface area contributed by atoms with Gasteiger partial charge in [0.2, 0.25) is 0 Å². The first-order valence-electron chi connectivity index (χ1n) is 7.67. The molecule has 2 aromatic rings. The molecule has 1 amide bonds. The maximum absolute atomic E-state index is 12.7. The van der Waals surface area contributed by atoms with Gasteiger partial charge in [-0.25, -0.2) is 0 Å². The van der Waals surface area contributed by atoms with Gasteiger partial charge in [0.05, 0.1) is 18.8 Å². The number of nitrogens with one attached hydrogen (secondary N) is 1. The lowest BCUT2D eigenvalue weighted by molar-refractivity contribution is -0.679. The summed E-state index contributed by atoms with van der Waals surface area (Å²) >= 11 is 0. The summed E-state index contributed by atoms with van der Waals surface area (Å²) in [5.74, 6) is 0.655. The van der Waals surface area contributed by atoms with Crippen molar-refractivity contribution in [1.29, 1.82) is 0 Å². The Kier molecular flexibility index (Phi) is 5.98. The van der Waals surface area contributed by atoms with Gasteiger partial charge in [-0.3, -0.25) is 4.79 Å². The number of carbonyl (C=O) groups excluding carboxylic acids is 1. The SMILES string of the molecule is CC[NH2+][C@H](C(=O)Nc1ccccc1OCC)c1ccccc1. The van der Waals surface area contributed by atoms with Crippen LogP contribution in [0.25, 0.3) is 0 Å². The maximum atomic E-state index is 12.7. The Bertz CT molecular complexity index is 599. The topological polar surface area (TPSA) is 54.9 Å². The van der Waals surface area contributed by atoms with Gasteiger partial charge in [-0.15, -0.1) is 0 Å². The molecule has 0 saturated carbocycles. The summed E-state index contributed by atoms with van der Waals surface area (Å²) in [5.41, 5.74) is 1.70. The van der Waals surface area contributed by atoms with Crippen LogP contribution >= 0.6 is 0 Å². The number of hydrogen-bond acceptors (Lipinski definition) is 2. The zero-order valence-electron chi connectivity index (χ0n) is 13.1. The van der Waals surface area contributed by atoms with E-state index in [4.69, 9.17) is 4.74 Å². The molecule has 0 aromatic heterocycles. The third kappa shape index (κ3) is 4.09. The van der Waals surface area contributed by atoms with Gasteiger partial charge in [0, 0.05) is 5.56 Å². The summed E-state index contributed by atoms with van der Waals surface area (Å²) in [6, 6.07) is 17.1. The molecule has 22 heavy (non-hydrogen) atoms. The molecule has 0 fully saturated rings. The molecule has 3 N–H and O–H groups in total. The Morgan fingerprint density at radius 1 is 1.09 bits per heavy atom. The summed E-state index contributed by atoms with van der Waals surface area (Å²) in [7, 11) is 0. The van der Waals surface area contributed by atoms with Crippen LogP contribution in [0.3, 0.4) is 0 Å². The number of para-hydroxylation sites is 2. The van der Waals surface area contributed by atoms with E-state index in [1.807, 2.05) is 73.8 Å². The summed E-state index contributed by atoms with van der Waals surface area (Å²) in [4.78, 5) is 12.7. The molecule has 0 aliphatic carbocycles. The molecule has 116 valence electrons. The van der Waals surface area contributed by atoms with Crippen molar-refractivity contribution in [2.45, 2.75) is 19.9 Å². The van der Waals surface area contributed by atoms with Crippen molar-refractivity contribution in [1.82, 2.24) is 0 Å². The van der Waals surface area contributed by atoms with Crippen molar-refractivity contribution in [2.24, 2.45) is 0 Å². The second-order valence-corrected chi connectivity index (χ2v) is 4.95. The number of nitrogens with two attached hydrogens (primary N) is 1. The van der Waals surface area contributed by atoms with Crippen molar-refractivity contribution in [3.8, 4) is 5.75 Å². The van der Waals surface area contributed by atoms with E-state index in [1.165, 1.54) is 0 Å². The number of benzene rings is 2. The third-order valence-electron chi connectivity index (χ3n) is 3.36. The predicted octanol–water partition coefficient (Wildman–Crippen LogP) is 2.35. The highest BCUT2D eigenvalue weighted by Gasteiger charge is 2.24. The van der Waals surface area contributed by atoms with Gasteiger partial charge in [-0.2, -0.15) is 0 Å². The van der Waals surface area contributed by atoms with Crippen LogP contribution in [0.15, 0.2) is 54.6 Å². The van der Waals surface area contributed by atoms with E-state index in [-0.39, 0.29) is 11.9 Å². The van der Waals surface area contributed by atoms with Crippen LogP contribution in [0.1, 0.15) is 25.5 Å². The second kappa shape index (κ2) is 8.20. The highest BCUT2D eigenvalue weighted by molar-refractivity contribution is 5.95. The first-order chi connectivity index (χ1) is 10.8. The lowest BCUT2D eigenvalue weighted by atomic mass is 10.1. The zero-order chi connectivity index (χ0) is 15.8. The van der Waals surface area contributed by atoms with Crippen molar-refractivity contribution in [3.63, 3.8) is 0 Å². The Hall–Kier alpha value is -2.33. The molecule has 0 spiro atoms. The fraction of sp³-hybridized carbons (Fsp3) is 0.278. The predicted molar refractivity (Wildman–Crippen MR) is 87.9 cm³/mol. The summed E-state index contributed by atoms with van der Waals surface area (Å²) in [5, 5.41) is 5.01. The van der Waals surface area contributed by atoms with Gasteiger partial charge in [-0.05, 0) is 26.0 Å². The fourth-order valence-electron chi connectivity index (χ4n) is 2.35. The molecule has 0 unspecified atom stereocenters. The summed E-state index contributed by atoms with van der Waals surface area (Å²) in [6.45, 7) is 5.36. The Morgan fingerprint density at radius 2 is 1.77 bits per heavy atom. The molecule has 4 nitrogen and oxygen atoms in total. The Balaban J connectivity index is 2.18. The van der Waals surface area contributed by atoms with Gasteiger partial charge in [-0.1, -0.05) is 42.5 Å². The molecule has 0 aliphatic heterocycles. The molecule has 4 heteroatoms. The number of anilines is 1. The van der Waals surface area contributed by atoms with Gasteiger partial charge >= 0.3 is 0 Å². The fourth-order valence-corrected chi connectivity index (χ4v) is 2.35. The quantitative estimate of drug-likeness (QED) is 0.824. The van der Waals surface area contributed by atoms with E-state index in [1.54, 1.807) is 0 Å². The minimum Gasteiger partial charge on any atom is -0.492 e. The Morgan fingerprint density at radius 3 is 2.45 bits per heavy atom. The van der Waals surface area contributed by atoms with Crippen LogP contribution in [0.5, 0.6) is 5.75 Å². The molecule has 0 bridgehead atoms. The van der Waals surface area contributed by atoms with Crippen LogP contribution < -0.4 is 15.4 Å². The van der Waals surface area contributed by atoms with Gasteiger partial charge in [0.15, 0.2) is 6.04 Å². The molecule has 2 aromatic carbocycles. The number of ether oxygens (including phenoxy) is 1. The number of carbonyl (C=O) groups is 1. The minimum atomic E-state index is -0.263. The van der Waals surface area contributed by atoms with Crippen LogP contribution in [-0.4, -0.2) is 19.1 Å². The molecule has 0 radical (unpaired) electrons. The lowest BCUT2D eigenvalue weighted by Gasteiger charge is -2.16. The number of quaternary nitrogens is 1. The molecular formula is C18H23N2O2+. The van der Waals surface area contributed by atoms with Crippen molar-refractivity contribution in [2.75, 3.05) is 18.5 Å². The van der Waals surface area contributed by atoms with E-state index in [0.29, 0.717) is 18.0 Å². The van der Waals surface area contributed by atoms with Crippen LogP contribution in [-0.2, 0) is 4.79 Å². The standard InChI is InChI=1S/C18H22N2O2/c1-3-19-17(14-10-6-5-7-11-14)18(21)20-15-12-8-9-13-16(15)22-4-2/h5-13,17,19H,3-4H2,1-2H3,(H,20,21)/p+1/t17-/m0/s1. The number of amides is 1. The Labute approximate surface area is 131 Å². The van der Waals surface area contributed by atoms with Crippen molar-refractivity contribution < 1.29 is 14.8 Å². The number of hydrogen-bond donors (Lipinski definition) is 2. The van der Waals surface area contributed by atoms with E-state index in [9.17, 15) is 4.79 Å². The number of likely N-dealkylation sites (N-methyl/N-ethyl adjacent to an activating group) is 1. The average Bonchev–Trinajstić information content (AvgIpc) is 2.55. The molecule has 2 rings (SSSR count). The molecule has 1 atom stereocenters. The summed E-state index contributed by atoms with van der Waals surface area (Å²) < 4.78 is 5.56. The molecule has 0 aliphatic rings. The van der Waals surface area contributed by atoms with Crippen molar-refractivity contribution in [3.05, 3.63) is 60.2 Å². The highest BCUT2D eigenvalue weighted by atomic mass is 16.5. The van der Waals surface area contributed by atoms with Crippen LogP contribution in [0, 0.1) is 0 Å². The first kappa shape index (κ1) is 16.0. The van der Waals surface area contributed by atoms with E-state index >= 15 is 0 Å². The molecule has 0 saturated heterocycles. The van der Waals surface area contributed by atoms with E-state index in [2.05, 4.69) is 5.32 Å². The van der Waals surface area contributed by atoms with Crippen molar-refractivity contribution >= 4 is 11.6 Å². The largest absolute Gasteiger partial charge is 0.492 e. The third-order valence-corrected chi connectivity index (χ3v) is 3.36. The second-order valence-electron chi connectivity index (χ2n) is 4.95. The first-order valence-corrected chi connectivity index (χ1v) is 7.67. The van der Waals surface area contributed by atoms with Gasteiger partial charge in [0.25, 0.3) is 5.91 Å². The van der Waals surface area contributed by atoms with Gasteiger partial charge < -0.3 is 15.4 Å². The highest BCUT2D eigenvalue weighted by Crippen LogP contribution is 2.24. The normalized spacial score (nSPS) is 11.7. The number of rotatable bonds is 7. The monoisotopic (exact) mass is 299 g/mol. The lowest BCUT2D eigenvalue weighted by Crippen LogP contribution is -2.86. The van der Waals surface area contributed by atoms with Crippen LogP contribution in [0.4, 0.5) is 5.69 Å².